The van der Waals surface area contributed by atoms with E-state index in [1.807, 2.05) is 24.3 Å². The number of fused-ring (bicyclic) bond motifs is 1. The average molecular weight is 276 g/mol. The number of rotatable bonds is 1. The molecule has 0 bridgehead atoms. The molecule has 0 fully saturated rings. The molecule has 5 heteroatoms. The van der Waals surface area contributed by atoms with E-state index < -0.39 is 11.7 Å². The molecule has 2 nitrogen and oxygen atoms in total. The molecule has 1 unspecified atom stereocenters. The third-order valence-corrected chi connectivity index (χ3v) is 3.29. The Balaban J connectivity index is 1.96. The predicted molar refractivity (Wildman–Crippen MR) is 70.5 cm³/mol. The zero-order valence-corrected chi connectivity index (χ0v) is 10.4. The highest BCUT2D eigenvalue weighted by molar-refractivity contribution is 5.83. The molecule has 3 rings (SSSR count). The Labute approximate surface area is 113 Å². The van der Waals surface area contributed by atoms with Gasteiger partial charge in [0, 0.05) is 5.56 Å². The number of benzene rings is 2. The summed E-state index contributed by atoms with van der Waals surface area (Å²) in [6, 6.07) is 12.6. The molecule has 1 atom stereocenters. The topological polar surface area (TPSA) is 24.4 Å². The van der Waals surface area contributed by atoms with Crippen LogP contribution in [0.15, 0.2) is 53.6 Å². The maximum atomic E-state index is 12.6. The minimum absolute atomic E-state index is 0.224. The van der Waals surface area contributed by atoms with Crippen molar-refractivity contribution in [3.63, 3.8) is 0 Å². The third kappa shape index (κ3) is 2.27. The second-order valence-electron chi connectivity index (χ2n) is 4.57. The van der Waals surface area contributed by atoms with E-state index in [1.165, 1.54) is 12.1 Å². The Morgan fingerprint density at radius 1 is 0.950 bits per heavy atom. The Hall–Kier alpha value is -2.30. The molecule has 1 heterocycles. The van der Waals surface area contributed by atoms with E-state index in [0.29, 0.717) is 0 Å². The van der Waals surface area contributed by atoms with Gasteiger partial charge in [-0.05, 0) is 23.3 Å². The van der Waals surface area contributed by atoms with Gasteiger partial charge in [-0.1, -0.05) is 36.4 Å². The van der Waals surface area contributed by atoms with Crippen molar-refractivity contribution < 1.29 is 13.2 Å². The van der Waals surface area contributed by atoms with Crippen molar-refractivity contribution in [2.75, 3.05) is 0 Å². The van der Waals surface area contributed by atoms with Crippen LogP contribution in [0.25, 0.3) is 0 Å². The summed E-state index contributed by atoms with van der Waals surface area (Å²) in [6.45, 7) is 0. The molecule has 102 valence electrons. The van der Waals surface area contributed by atoms with Crippen LogP contribution >= 0.6 is 0 Å². The van der Waals surface area contributed by atoms with E-state index >= 15 is 0 Å². The first-order chi connectivity index (χ1) is 9.55. The Morgan fingerprint density at radius 2 is 1.65 bits per heavy atom. The SMILES string of the molecule is FC(F)(F)c1ccc(C2NN=Cc3ccccc32)cc1. The Bertz CT molecular complexity index is 645. The number of alkyl halides is 3. The van der Waals surface area contributed by atoms with Crippen LogP contribution in [0, 0.1) is 0 Å². The molecule has 1 N–H and O–H groups in total. The fraction of sp³-hybridized carbons (Fsp3) is 0.133. The van der Waals surface area contributed by atoms with Gasteiger partial charge >= 0.3 is 6.18 Å². The molecule has 0 aromatic heterocycles. The lowest BCUT2D eigenvalue weighted by atomic mass is 9.94. The second-order valence-corrected chi connectivity index (χ2v) is 4.57. The highest BCUT2D eigenvalue weighted by atomic mass is 19.4. The summed E-state index contributed by atoms with van der Waals surface area (Å²) in [6.07, 6.45) is -2.61. The van der Waals surface area contributed by atoms with Crippen LogP contribution in [0.1, 0.15) is 28.3 Å². The van der Waals surface area contributed by atoms with Gasteiger partial charge in [0.2, 0.25) is 0 Å². The van der Waals surface area contributed by atoms with E-state index in [4.69, 9.17) is 0 Å². The lowest BCUT2D eigenvalue weighted by Gasteiger charge is -2.23. The highest BCUT2D eigenvalue weighted by Gasteiger charge is 2.30. The molecule has 2 aromatic rings. The minimum atomic E-state index is -4.31. The van der Waals surface area contributed by atoms with Crippen LogP contribution in [0.3, 0.4) is 0 Å². The van der Waals surface area contributed by atoms with Crippen LogP contribution in [0.4, 0.5) is 13.2 Å². The van der Waals surface area contributed by atoms with Gasteiger partial charge < -0.3 is 0 Å². The Morgan fingerprint density at radius 3 is 2.35 bits per heavy atom. The first-order valence-electron chi connectivity index (χ1n) is 6.10. The standard InChI is InChI=1S/C15H11F3N2/c16-15(17,18)12-7-5-10(6-8-12)14-13-4-2-1-3-11(13)9-19-20-14/h1-9,14,20H. The molecule has 0 aliphatic carbocycles. The third-order valence-electron chi connectivity index (χ3n) is 3.29. The van der Waals surface area contributed by atoms with Crippen LogP contribution < -0.4 is 5.43 Å². The fourth-order valence-corrected chi connectivity index (χ4v) is 2.26. The van der Waals surface area contributed by atoms with E-state index in [2.05, 4.69) is 10.5 Å². The summed E-state index contributed by atoms with van der Waals surface area (Å²) in [7, 11) is 0. The van der Waals surface area contributed by atoms with Crippen LogP contribution in [0.5, 0.6) is 0 Å². The number of nitrogens with zero attached hydrogens (tertiary/aromatic N) is 1. The van der Waals surface area contributed by atoms with Crippen LogP contribution in [-0.4, -0.2) is 6.21 Å². The zero-order valence-electron chi connectivity index (χ0n) is 10.4. The highest BCUT2D eigenvalue weighted by Crippen LogP contribution is 2.32. The summed E-state index contributed by atoms with van der Waals surface area (Å²) in [5.41, 5.74) is 5.02. The second kappa shape index (κ2) is 4.67. The van der Waals surface area contributed by atoms with Gasteiger partial charge in [-0.2, -0.15) is 18.3 Å². The molecular formula is C15H11F3N2. The van der Waals surface area contributed by atoms with Crippen LogP contribution in [0.2, 0.25) is 0 Å². The van der Waals surface area contributed by atoms with Crippen molar-refractivity contribution >= 4 is 6.21 Å². The number of hydrogen-bond donors (Lipinski definition) is 1. The van der Waals surface area contributed by atoms with Gasteiger partial charge in [0.15, 0.2) is 0 Å². The zero-order chi connectivity index (χ0) is 14.2. The van der Waals surface area contributed by atoms with Crippen molar-refractivity contribution in [1.29, 1.82) is 0 Å². The number of hydrazone groups is 1. The van der Waals surface area contributed by atoms with Gasteiger partial charge in [-0.25, -0.2) is 0 Å². The lowest BCUT2D eigenvalue weighted by molar-refractivity contribution is -0.137. The van der Waals surface area contributed by atoms with Gasteiger partial charge in [-0.15, -0.1) is 0 Å². The molecule has 0 spiro atoms. The molecular weight excluding hydrogens is 265 g/mol. The molecule has 0 amide bonds. The van der Waals surface area contributed by atoms with Crippen LogP contribution in [-0.2, 0) is 6.18 Å². The molecule has 0 saturated carbocycles. The van der Waals surface area contributed by atoms with Gasteiger partial charge in [0.1, 0.15) is 0 Å². The summed E-state index contributed by atoms with van der Waals surface area (Å²) in [5, 5.41) is 4.05. The van der Waals surface area contributed by atoms with E-state index in [1.54, 1.807) is 6.21 Å². The molecule has 20 heavy (non-hydrogen) atoms. The molecule has 0 saturated heterocycles. The largest absolute Gasteiger partial charge is 0.416 e. The van der Waals surface area contributed by atoms with E-state index in [-0.39, 0.29) is 6.04 Å². The van der Waals surface area contributed by atoms with E-state index in [0.717, 1.165) is 28.8 Å². The quantitative estimate of drug-likeness (QED) is 0.843. The maximum absolute atomic E-state index is 12.6. The fourth-order valence-electron chi connectivity index (χ4n) is 2.26. The number of hydrogen-bond acceptors (Lipinski definition) is 2. The first-order valence-corrected chi connectivity index (χ1v) is 6.10. The summed E-state index contributed by atoms with van der Waals surface area (Å²) in [4.78, 5) is 0. The first kappa shape index (κ1) is 12.7. The lowest BCUT2D eigenvalue weighted by Crippen LogP contribution is -2.22. The minimum Gasteiger partial charge on any atom is -0.298 e. The van der Waals surface area contributed by atoms with Crippen molar-refractivity contribution in [2.24, 2.45) is 5.10 Å². The molecule has 2 aromatic carbocycles. The maximum Gasteiger partial charge on any atom is 0.416 e. The molecule has 1 aliphatic heterocycles. The van der Waals surface area contributed by atoms with Crippen molar-refractivity contribution in [3.8, 4) is 0 Å². The normalized spacial score (nSPS) is 17.4. The molecule has 0 radical (unpaired) electrons. The number of halogens is 3. The smallest absolute Gasteiger partial charge is 0.298 e. The van der Waals surface area contributed by atoms with Gasteiger partial charge in [0.25, 0.3) is 0 Å². The van der Waals surface area contributed by atoms with Crippen molar-refractivity contribution in [3.05, 3.63) is 70.8 Å². The van der Waals surface area contributed by atoms with Crippen molar-refractivity contribution in [2.45, 2.75) is 12.2 Å². The number of nitrogens with one attached hydrogen (secondary N) is 1. The molecule has 1 aliphatic rings. The van der Waals surface area contributed by atoms with Crippen molar-refractivity contribution in [1.82, 2.24) is 5.43 Å². The van der Waals surface area contributed by atoms with E-state index in [9.17, 15) is 13.2 Å². The van der Waals surface area contributed by atoms with Gasteiger partial charge in [0.05, 0.1) is 17.8 Å². The average Bonchev–Trinajstić information content (AvgIpc) is 2.46. The van der Waals surface area contributed by atoms with Gasteiger partial charge in [-0.3, -0.25) is 5.43 Å². The monoisotopic (exact) mass is 276 g/mol. The summed E-state index contributed by atoms with van der Waals surface area (Å²) in [5.74, 6) is 0. The summed E-state index contributed by atoms with van der Waals surface area (Å²) < 4.78 is 37.7. The Kier molecular flexibility index (Phi) is 2.97. The predicted octanol–water partition coefficient (Wildman–Crippen LogP) is 3.73. The summed E-state index contributed by atoms with van der Waals surface area (Å²) >= 11 is 0.